The maximum absolute atomic E-state index is 12.5. The van der Waals surface area contributed by atoms with Crippen LogP contribution in [-0.4, -0.2) is 61.4 Å². The molecule has 0 aliphatic carbocycles. The molecule has 1 aromatic rings. The molecule has 2 atom stereocenters. The number of rotatable bonds is 6. The molecule has 1 fully saturated rings. The summed E-state index contributed by atoms with van der Waals surface area (Å²) in [4.78, 5) is 28.4. The summed E-state index contributed by atoms with van der Waals surface area (Å²) < 4.78 is 0. The quantitative estimate of drug-likeness (QED) is 0.859. The first-order valence-corrected chi connectivity index (χ1v) is 9.18. The maximum atomic E-state index is 12.5. The summed E-state index contributed by atoms with van der Waals surface area (Å²) in [5.74, 6) is 0.661. The Morgan fingerprint density at radius 1 is 1.16 bits per heavy atom. The first kappa shape index (κ1) is 19.4. The van der Waals surface area contributed by atoms with Gasteiger partial charge in [-0.1, -0.05) is 37.3 Å². The van der Waals surface area contributed by atoms with Crippen molar-refractivity contribution in [2.45, 2.75) is 38.6 Å². The minimum absolute atomic E-state index is 0.0696. The van der Waals surface area contributed by atoms with E-state index >= 15 is 0 Å². The minimum atomic E-state index is -0.154. The Bertz CT molecular complexity index is 566. The molecule has 2 amide bonds. The molecule has 138 valence electrons. The average Bonchev–Trinajstić information content (AvgIpc) is 2.65. The molecule has 0 bridgehead atoms. The van der Waals surface area contributed by atoms with Crippen LogP contribution in [0.1, 0.15) is 38.2 Å². The Morgan fingerprint density at radius 2 is 1.76 bits per heavy atom. The second-order valence-electron chi connectivity index (χ2n) is 7.28. The van der Waals surface area contributed by atoms with Crippen molar-refractivity contribution in [3.8, 4) is 0 Å². The van der Waals surface area contributed by atoms with E-state index in [1.165, 1.54) is 5.56 Å². The van der Waals surface area contributed by atoms with E-state index < -0.39 is 0 Å². The highest BCUT2D eigenvalue weighted by molar-refractivity contribution is 5.81. The Balaban J connectivity index is 1.78. The fourth-order valence-corrected chi connectivity index (χ4v) is 3.37. The van der Waals surface area contributed by atoms with Crippen molar-refractivity contribution in [3.63, 3.8) is 0 Å². The molecule has 1 heterocycles. The molecule has 0 aromatic heterocycles. The summed E-state index contributed by atoms with van der Waals surface area (Å²) in [5.41, 5.74) is 1.23. The van der Waals surface area contributed by atoms with Gasteiger partial charge in [0.2, 0.25) is 11.8 Å². The monoisotopic (exact) mass is 345 g/mol. The highest BCUT2D eigenvalue weighted by Gasteiger charge is 2.30. The van der Waals surface area contributed by atoms with Gasteiger partial charge >= 0.3 is 0 Å². The third kappa shape index (κ3) is 5.30. The van der Waals surface area contributed by atoms with Gasteiger partial charge < -0.3 is 10.2 Å². The SMILES string of the molecule is CC(CNC(=O)C(C)N1CCC(C(=O)N(C)C)CC1)c1ccccc1. The lowest BCUT2D eigenvalue weighted by Gasteiger charge is -2.35. The van der Waals surface area contributed by atoms with Crippen LogP contribution in [0.5, 0.6) is 0 Å². The van der Waals surface area contributed by atoms with Crippen LogP contribution in [0.15, 0.2) is 30.3 Å². The van der Waals surface area contributed by atoms with Crippen LogP contribution in [-0.2, 0) is 9.59 Å². The van der Waals surface area contributed by atoms with Crippen molar-refractivity contribution < 1.29 is 9.59 Å². The molecule has 2 unspecified atom stereocenters. The third-order valence-electron chi connectivity index (χ3n) is 5.20. The summed E-state index contributed by atoms with van der Waals surface area (Å²) >= 11 is 0. The number of benzene rings is 1. The summed E-state index contributed by atoms with van der Waals surface area (Å²) in [6.45, 7) is 6.32. The van der Waals surface area contributed by atoms with Gasteiger partial charge in [-0.05, 0) is 44.3 Å². The summed E-state index contributed by atoms with van der Waals surface area (Å²) in [5, 5.41) is 3.07. The van der Waals surface area contributed by atoms with Crippen LogP contribution in [0.3, 0.4) is 0 Å². The van der Waals surface area contributed by atoms with Crippen molar-refractivity contribution in [2.24, 2.45) is 5.92 Å². The van der Waals surface area contributed by atoms with Gasteiger partial charge in [0.25, 0.3) is 0 Å². The van der Waals surface area contributed by atoms with Gasteiger partial charge in [-0.2, -0.15) is 0 Å². The van der Waals surface area contributed by atoms with E-state index in [9.17, 15) is 9.59 Å². The number of hydrogen-bond acceptors (Lipinski definition) is 3. The predicted molar refractivity (Wildman–Crippen MR) is 100 cm³/mol. The second kappa shape index (κ2) is 8.99. The lowest BCUT2D eigenvalue weighted by molar-refractivity contribution is -0.135. The highest BCUT2D eigenvalue weighted by atomic mass is 16.2. The van der Waals surface area contributed by atoms with E-state index in [0.29, 0.717) is 12.5 Å². The number of hydrogen-bond donors (Lipinski definition) is 1. The number of likely N-dealkylation sites (tertiary alicyclic amines) is 1. The molecule has 0 spiro atoms. The van der Waals surface area contributed by atoms with Crippen LogP contribution >= 0.6 is 0 Å². The average molecular weight is 345 g/mol. The molecule has 1 N–H and O–H groups in total. The van der Waals surface area contributed by atoms with E-state index in [-0.39, 0.29) is 23.8 Å². The molecule has 0 saturated carbocycles. The molecule has 1 saturated heterocycles. The lowest BCUT2D eigenvalue weighted by atomic mass is 9.94. The van der Waals surface area contributed by atoms with Crippen LogP contribution in [0.25, 0.3) is 0 Å². The molecule has 2 rings (SSSR count). The van der Waals surface area contributed by atoms with Crippen molar-refractivity contribution in [1.29, 1.82) is 0 Å². The molecular weight excluding hydrogens is 314 g/mol. The van der Waals surface area contributed by atoms with Crippen molar-refractivity contribution in [3.05, 3.63) is 35.9 Å². The van der Waals surface area contributed by atoms with Gasteiger partial charge in [0, 0.05) is 26.6 Å². The minimum Gasteiger partial charge on any atom is -0.354 e. The largest absolute Gasteiger partial charge is 0.354 e. The Kier molecular flexibility index (Phi) is 7.00. The highest BCUT2D eigenvalue weighted by Crippen LogP contribution is 2.21. The number of carbonyl (C=O) groups is 2. The van der Waals surface area contributed by atoms with E-state index in [2.05, 4.69) is 29.3 Å². The van der Waals surface area contributed by atoms with Gasteiger partial charge in [0.15, 0.2) is 0 Å². The van der Waals surface area contributed by atoms with E-state index in [0.717, 1.165) is 25.9 Å². The van der Waals surface area contributed by atoms with E-state index in [1.807, 2.05) is 25.1 Å². The fourth-order valence-electron chi connectivity index (χ4n) is 3.37. The van der Waals surface area contributed by atoms with Crippen molar-refractivity contribution in [1.82, 2.24) is 15.1 Å². The normalized spacial score (nSPS) is 18.4. The fraction of sp³-hybridized carbons (Fsp3) is 0.600. The van der Waals surface area contributed by atoms with E-state index in [4.69, 9.17) is 0 Å². The van der Waals surface area contributed by atoms with Crippen molar-refractivity contribution in [2.75, 3.05) is 33.7 Å². The molecule has 1 aliphatic rings. The standard InChI is InChI=1S/C20H31N3O2/c1-15(17-8-6-5-7-9-17)14-21-19(24)16(2)23-12-10-18(11-13-23)20(25)22(3)4/h5-9,15-16,18H,10-14H2,1-4H3,(H,21,24). The molecule has 1 aromatic carbocycles. The van der Waals surface area contributed by atoms with Crippen LogP contribution < -0.4 is 5.32 Å². The Morgan fingerprint density at radius 3 is 2.32 bits per heavy atom. The molecule has 0 radical (unpaired) electrons. The molecule has 5 heteroatoms. The number of carbonyl (C=O) groups excluding carboxylic acids is 2. The predicted octanol–water partition coefficient (Wildman–Crippen LogP) is 2.10. The molecule has 25 heavy (non-hydrogen) atoms. The van der Waals surface area contributed by atoms with Crippen LogP contribution in [0, 0.1) is 5.92 Å². The Labute approximate surface area is 151 Å². The zero-order chi connectivity index (χ0) is 18.4. The van der Waals surface area contributed by atoms with Crippen molar-refractivity contribution >= 4 is 11.8 Å². The number of nitrogens with one attached hydrogen (secondary N) is 1. The zero-order valence-corrected chi connectivity index (χ0v) is 15.9. The summed E-state index contributed by atoms with van der Waals surface area (Å²) in [6, 6.07) is 10.1. The molecule has 5 nitrogen and oxygen atoms in total. The van der Waals surface area contributed by atoms with Gasteiger partial charge in [-0.3, -0.25) is 14.5 Å². The van der Waals surface area contributed by atoms with Gasteiger partial charge in [0.05, 0.1) is 6.04 Å². The van der Waals surface area contributed by atoms with Gasteiger partial charge in [-0.15, -0.1) is 0 Å². The maximum Gasteiger partial charge on any atom is 0.237 e. The number of amides is 2. The van der Waals surface area contributed by atoms with E-state index in [1.54, 1.807) is 19.0 Å². The zero-order valence-electron chi connectivity index (χ0n) is 15.9. The second-order valence-corrected chi connectivity index (χ2v) is 7.28. The van der Waals surface area contributed by atoms with Gasteiger partial charge in [-0.25, -0.2) is 0 Å². The summed E-state index contributed by atoms with van der Waals surface area (Å²) in [7, 11) is 3.61. The molecule has 1 aliphatic heterocycles. The van der Waals surface area contributed by atoms with Crippen LogP contribution in [0.4, 0.5) is 0 Å². The first-order valence-electron chi connectivity index (χ1n) is 9.18. The summed E-state index contributed by atoms with van der Waals surface area (Å²) in [6.07, 6.45) is 1.66. The van der Waals surface area contributed by atoms with Gasteiger partial charge in [0.1, 0.15) is 0 Å². The smallest absolute Gasteiger partial charge is 0.237 e. The topological polar surface area (TPSA) is 52.7 Å². The lowest BCUT2D eigenvalue weighted by Crippen LogP contribution is -2.50. The first-order chi connectivity index (χ1) is 11.9. The molecular formula is C20H31N3O2. The number of nitrogens with zero attached hydrogens (tertiary/aromatic N) is 2. The van der Waals surface area contributed by atoms with Crippen LogP contribution in [0.2, 0.25) is 0 Å². The number of piperidine rings is 1. The third-order valence-corrected chi connectivity index (χ3v) is 5.20. The Hall–Kier alpha value is -1.88.